The predicted molar refractivity (Wildman–Crippen MR) is 37.9 cm³/mol. The molecule has 0 spiro atoms. The van der Waals surface area contributed by atoms with Crippen LogP contribution in [0.3, 0.4) is 0 Å². The van der Waals surface area contributed by atoms with Crippen LogP contribution >= 0.6 is 0 Å². The van der Waals surface area contributed by atoms with Crippen LogP contribution in [-0.4, -0.2) is 44.0 Å². The van der Waals surface area contributed by atoms with Crippen LogP contribution in [0.5, 0.6) is 0 Å². The van der Waals surface area contributed by atoms with Crippen LogP contribution in [0.2, 0.25) is 0 Å². The molecule has 52 valence electrons. The third-order valence-electron chi connectivity index (χ3n) is 0.882. The molecular weight excluding hydrogens is 118 g/mol. The van der Waals surface area contributed by atoms with E-state index in [0.29, 0.717) is 5.96 Å². The number of rotatable bonds is 0. The van der Waals surface area contributed by atoms with Gasteiger partial charge in [-0.2, -0.15) is 0 Å². The molecule has 0 aromatic heterocycles. The van der Waals surface area contributed by atoms with Crippen molar-refractivity contribution in [3.05, 3.63) is 4.91 Å². The van der Waals surface area contributed by atoms with Gasteiger partial charge in [0.1, 0.15) is 0 Å². The SMILES string of the molecule is CN(C)C(=[N+]=O)N(C)C. The number of nitrogens with zero attached hydrogens (tertiary/aromatic N) is 3. The molecule has 0 aromatic rings. The summed E-state index contributed by atoms with van der Waals surface area (Å²) >= 11 is 0. The topological polar surface area (TPSA) is 37.7 Å². The van der Waals surface area contributed by atoms with E-state index < -0.39 is 0 Å². The monoisotopic (exact) mass is 130 g/mol. The Balaban J connectivity index is 4.19. The molecule has 0 radical (unpaired) electrons. The molecule has 4 heteroatoms. The number of hydrogen-bond donors (Lipinski definition) is 0. The van der Waals surface area contributed by atoms with Gasteiger partial charge in [-0.1, -0.05) is 0 Å². The second-order valence-corrected chi connectivity index (χ2v) is 2.18. The van der Waals surface area contributed by atoms with Gasteiger partial charge in [0.05, 0.1) is 28.2 Å². The van der Waals surface area contributed by atoms with Gasteiger partial charge in [0.2, 0.25) is 0 Å². The fraction of sp³-hybridized carbons (Fsp3) is 0.800. The molecule has 4 nitrogen and oxygen atoms in total. The second kappa shape index (κ2) is 3.10. The summed E-state index contributed by atoms with van der Waals surface area (Å²) in [5, 5.41) is 0. The average Bonchev–Trinajstić information content (AvgIpc) is 1.64. The highest BCUT2D eigenvalue weighted by Gasteiger charge is 2.15. The molecule has 0 amide bonds. The summed E-state index contributed by atoms with van der Waals surface area (Å²) in [5.74, 6) is 0.426. The van der Waals surface area contributed by atoms with Crippen molar-refractivity contribution in [2.45, 2.75) is 0 Å². The lowest BCUT2D eigenvalue weighted by molar-refractivity contribution is 0.482. The third-order valence-corrected chi connectivity index (χ3v) is 0.882. The summed E-state index contributed by atoms with van der Waals surface area (Å²) < 4.78 is 0. The second-order valence-electron chi connectivity index (χ2n) is 2.18. The summed E-state index contributed by atoms with van der Waals surface area (Å²) in [7, 11) is 7.10. The minimum Gasteiger partial charge on any atom is -0.253 e. The fourth-order valence-corrected chi connectivity index (χ4v) is 0.563. The van der Waals surface area contributed by atoms with E-state index in [9.17, 15) is 4.91 Å². The Bertz CT molecular complexity index is 125. The largest absolute Gasteiger partial charge is 0.491 e. The lowest BCUT2D eigenvalue weighted by atomic mass is 10.7. The first-order valence-electron chi connectivity index (χ1n) is 2.64. The highest BCUT2D eigenvalue weighted by Crippen LogP contribution is 1.79. The molecule has 0 aliphatic carbocycles. The maximum atomic E-state index is 10.0. The third kappa shape index (κ3) is 2.15. The molecule has 0 atom stereocenters. The molecule has 0 unspecified atom stereocenters. The van der Waals surface area contributed by atoms with Crippen molar-refractivity contribution >= 4 is 5.96 Å². The van der Waals surface area contributed by atoms with Crippen molar-refractivity contribution < 1.29 is 0 Å². The van der Waals surface area contributed by atoms with Crippen LogP contribution in [0.4, 0.5) is 0 Å². The standard InChI is InChI=1S/C5H12N3O/c1-7(2)5(6-9)8(3)4/h1-4H3/q+1. The van der Waals surface area contributed by atoms with Gasteiger partial charge in [0, 0.05) is 9.76 Å². The highest BCUT2D eigenvalue weighted by atomic mass is 16.2. The predicted octanol–water partition coefficient (Wildman–Crippen LogP) is -0.701. The maximum Gasteiger partial charge on any atom is 0.491 e. The number of nitroso groups, excluding NO2 is 1. The van der Waals surface area contributed by atoms with E-state index in [1.807, 2.05) is 0 Å². The number of hydrogen-bond acceptors (Lipinski definition) is 1. The van der Waals surface area contributed by atoms with E-state index in [0.717, 1.165) is 0 Å². The molecule has 9 heavy (non-hydrogen) atoms. The van der Waals surface area contributed by atoms with Gasteiger partial charge in [-0.05, 0) is 0 Å². The van der Waals surface area contributed by atoms with E-state index >= 15 is 0 Å². The Labute approximate surface area is 54.8 Å². The Morgan fingerprint density at radius 1 is 1.11 bits per heavy atom. The minimum atomic E-state index is 0.426. The van der Waals surface area contributed by atoms with Gasteiger partial charge in [-0.3, -0.25) is 9.80 Å². The van der Waals surface area contributed by atoms with E-state index in [2.05, 4.69) is 4.85 Å². The maximum absolute atomic E-state index is 10.0. The average molecular weight is 130 g/mol. The van der Waals surface area contributed by atoms with Gasteiger partial charge in [-0.25, -0.2) is 0 Å². The fourth-order valence-electron chi connectivity index (χ4n) is 0.563. The van der Waals surface area contributed by atoms with Crippen LogP contribution < -0.4 is 4.85 Å². The summed E-state index contributed by atoms with van der Waals surface area (Å²) in [6.07, 6.45) is 0. The zero-order chi connectivity index (χ0) is 7.44. The summed E-state index contributed by atoms with van der Waals surface area (Å²) in [4.78, 5) is 16.1. The molecule has 0 N–H and O–H groups in total. The molecule has 0 fully saturated rings. The van der Waals surface area contributed by atoms with Gasteiger partial charge >= 0.3 is 5.96 Å². The zero-order valence-electron chi connectivity index (χ0n) is 6.25. The first kappa shape index (κ1) is 7.98. The summed E-state index contributed by atoms with van der Waals surface area (Å²) in [6.45, 7) is 0. The lowest BCUT2D eigenvalue weighted by Gasteiger charge is -2.07. The van der Waals surface area contributed by atoms with Crippen LogP contribution in [0.1, 0.15) is 0 Å². The molecule has 0 aliphatic heterocycles. The van der Waals surface area contributed by atoms with Crippen molar-refractivity contribution in [3.63, 3.8) is 0 Å². The molecule has 0 rings (SSSR count). The van der Waals surface area contributed by atoms with Gasteiger partial charge in [-0.15, -0.1) is 0 Å². The Hall–Kier alpha value is -1.02. The molecule has 0 aliphatic rings. The lowest BCUT2D eigenvalue weighted by Crippen LogP contribution is -2.36. The van der Waals surface area contributed by atoms with Crippen molar-refractivity contribution in [2.75, 3.05) is 28.2 Å². The van der Waals surface area contributed by atoms with E-state index in [1.165, 1.54) is 0 Å². The molecule has 0 heterocycles. The van der Waals surface area contributed by atoms with Gasteiger partial charge < -0.3 is 0 Å². The highest BCUT2D eigenvalue weighted by molar-refractivity contribution is 5.77. The molecule has 0 saturated carbocycles. The minimum absolute atomic E-state index is 0.426. The quantitative estimate of drug-likeness (QED) is 0.247. The molecule has 0 saturated heterocycles. The van der Waals surface area contributed by atoms with E-state index in [4.69, 9.17) is 0 Å². The van der Waals surface area contributed by atoms with Crippen molar-refractivity contribution in [2.24, 2.45) is 0 Å². The Morgan fingerprint density at radius 3 is 1.44 bits per heavy atom. The first-order valence-corrected chi connectivity index (χ1v) is 2.64. The van der Waals surface area contributed by atoms with Crippen molar-refractivity contribution in [1.29, 1.82) is 0 Å². The summed E-state index contributed by atoms with van der Waals surface area (Å²) in [5.41, 5.74) is 0. The molecule has 0 aromatic carbocycles. The van der Waals surface area contributed by atoms with E-state index in [-0.39, 0.29) is 0 Å². The van der Waals surface area contributed by atoms with Crippen LogP contribution in [0.25, 0.3) is 0 Å². The normalized spacial score (nSPS) is 8.00. The van der Waals surface area contributed by atoms with Crippen molar-refractivity contribution in [1.82, 2.24) is 14.7 Å². The van der Waals surface area contributed by atoms with Crippen LogP contribution in [0.15, 0.2) is 0 Å². The Kier molecular flexibility index (Phi) is 2.74. The van der Waals surface area contributed by atoms with Gasteiger partial charge in [0.15, 0.2) is 0 Å². The van der Waals surface area contributed by atoms with Crippen LogP contribution in [-0.2, 0) is 0 Å². The number of guanidine groups is 1. The smallest absolute Gasteiger partial charge is 0.253 e. The Morgan fingerprint density at radius 2 is 1.44 bits per heavy atom. The van der Waals surface area contributed by atoms with E-state index in [1.54, 1.807) is 38.0 Å². The van der Waals surface area contributed by atoms with Gasteiger partial charge in [0.25, 0.3) is 0 Å². The first-order chi connectivity index (χ1) is 4.09. The summed E-state index contributed by atoms with van der Waals surface area (Å²) in [6, 6.07) is 0. The van der Waals surface area contributed by atoms with Crippen molar-refractivity contribution in [3.8, 4) is 0 Å². The van der Waals surface area contributed by atoms with Crippen LogP contribution in [0, 0.1) is 4.91 Å². The molecular formula is C5H12N3O+. The zero-order valence-corrected chi connectivity index (χ0v) is 6.25. The molecule has 0 bridgehead atoms.